The summed E-state index contributed by atoms with van der Waals surface area (Å²) in [5.41, 5.74) is 0. The van der Waals surface area contributed by atoms with Gasteiger partial charge in [0.15, 0.2) is 0 Å². The minimum atomic E-state index is -3.95. The molecule has 0 aliphatic heterocycles. The third-order valence-electron chi connectivity index (χ3n) is 3.35. The van der Waals surface area contributed by atoms with Gasteiger partial charge >= 0.3 is 7.82 Å². The minimum Gasteiger partial charge on any atom is -0.394 e. The summed E-state index contributed by atoms with van der Waals surface area (Å²) in [4.78, 5) is 9.21. The summed E-state index contributed by atoms with van der Waals surface area (Å²) in [6, 6.07) is 0. The van der Waals surface area contributed by atoms with Crippen LogP contribution in [0.1, 0.15) is 77.6 Å². The van der Waals surface area contributed by atoms with Gasteiger partial charge in [0, 0.05) is 0 Å². The van der Waals surface area contributed by atoms with Crippen molar-refractivity contribution in [3.63, 3.8) is 0 Å². The lowest BCUT2D eigenvalue weighted by molar-refractivity contribution is 0.122. The zero-order valence-electron chi connectivity index (χ0n) is 13.5. The number of phosphoric acid groups is 1. The van der Waals surface area contributed by atoms with E-state index in [-0.39, 0.29) is 19.8 Å². The Morgan fingerprint density at radius 2 is 1.19 bits per heavy atom. The van der Waals surface area contributed by atoms with Crippen LogP contribution in [-0.4, -0.2) is 29.8 Å². The molecule has 5 nitrogen and oxygen atoms in total. The third kappa shape index (κ3) is 16.3. The molecule has 0 radical (unpaired) electrons. The van der Waals surface area contributed by atoms with Crippen molar-refractivity contribution in [1.82, 2.24) is 0 Å². The van der Waals surface area contributed by atoms with Gasteiger partial charge in [0.2, 0.25) is 0 Å². The van der Waals surface area contributed by atoms with Crippen LogP contribution < -0.4 is 0 Å². The molecule has 0 aliphatic rings. The highest BCUT2D eigenvalue weighted by atomic mass is 31.2. The van der Waals surface area contributed by atoms with Crippen molar-refractivity contribution >= 4 is 7.82 Å². The quantitative estimate of drug-likeness (QED) is 0.324. The van der Waals surface area contributed by atoms with E-state index in [0.29, 0.717) is 0 Å². The van der Waals surface area contributed by atoms with Gasteiger partial charge in [0.1, 0.15) is 0 Å². The van der Waals surface area contributed by atoms with E-state index < -0.39 is 7.82 Å². The van der Waals surface area contributed by atoms with Crippen LogP contribution in [0.15, 0.2) is 0 Å². The van der Waals surface area contributed by atoms with Crippen LogP contribution in [-0.2, 0) is 13.6 Å². The molecule has 0 rings (SSSR count). The largest absolute Gasteiger partial charge is 0.472 e. The van der Waals surface area contributed by atoms with E-state index in [4.69, 9.17) is 9.63 Å². The number of unbranched alkanes of at least 4 members (excludes halogenated alkanes) is 10. The van der Waals surface area contributed by atoms with E-state index in [1.54, 1.807) is 0 Å². The Bertz CT molecular complexity index is 260. The lowest BCUT2D eigenvalue weighted by Crippen LogP contribution is -2.01. The average Bonchev–Trinajstić information content (AvgIpc) is 2.46. The molecule has 21 heavy (non-hydrogen) atoms. The van der Waals surface area contributed by atoms with Gasteiger partial charge in [-0.1, -0.05) is 71.1 Å². The highest BCUT2D eigenvalue weighted by Crippen LogP contribution is 2.42. The van der Waals surface area contributed by atoms with E-state index >= 15 is 0 Å². The van der Waals surface area contributed by atoms with Gasteiger partial charge in [0.05, 0.1) is 19.8 Å². The fraction of sp³-hybridized carbons (Fsp3) is 1.00. The molecule has 0 aromatic carbocycles. The summed E-state index contributed by atoms with van der Waals surface area (Å²) in [6.45, 7) is 2.01. The zero-order chi connectivity index (χ0) is 15.8. The number of phosphoric ester groups is 1. The number of rotatable bonds is 16. The van der Waals surface area contributed by atoms with Crippen LogP contribution in [0, 0.1) is 0 Å². The second kappa shape index (κ2) is 15.0. The molecule has 1 atom stereocenters. The first kappa shape index (κ1) is 21.1. The lowest BCUT2D eigenvalue weighted by atomic mass is 10.1. The summed E-state index contributed by atoms with van der Waals surface area (Å²) < 4.78 is 20.6. The second-order valence-corrected chi connectivity index (χ2v) is 6.85. The molecule has 0 heterocycles. The van der Waals surface area contributed by atoms with Gasteiger partial charge in [-0.2, -0.15) is 0 Å². The number of hydrogen-bond donors (Lipinski definition) is 2. The van der Waals surface area contributed by atoms with Crippen LogP contribution in [0.5, 0.6) is 0 Å². The van der Waals surface area contributed by atoms with E-state index in [1.165, 1.54) is 51.4 Å². The maximum Gasteiger partial charge on any atom is 0.472 e. The molecule has 0 saturated carbocycles. The van der Waals surface area contributed by atoms with Crippen LogP contribution in [0.2, 0.25) is 0 Å². The van der Waals surface area contributed by atoms with E-state index in [1.807, 2.05) is 0 Å². The summed E-state index contributed by atoms with van der Waals surface area (Å²) in [6.07, 6.45) is 13.5. The van der Waals surface area contributed by atoms with E-state index in [2.05, 4.69) is 11.4 Å². The Kier molecular flexibility index (Phi) is 15.0. The molecule has 1 unspecified atom stereocenters. The third-order valence-corrected chi connectivity index (χ3v) is 4.37. The van der Waals surface area contributed by atoms with Crippen molar-refractivity contribution in [3.05, 3.63) is 0 Å². The van der Waals surface area contributed by atoms with Crippen molar-refractivity contribution in [1.29, 1.82) is 0 Å². The van der Waals surface area contributed by atoms with Crippen molar-refractivity contribution in [2.45, 2.75) is 77.6 Å². The fourth-order valence-electron chi connectivity index (χ4n) is 2.14. The molecule has 2 N–H and O–H groups in total. The Labute approximate surface area is 129 Å². The number of aliphatic hydroxyl groups excluding tert-OH is 1. The molecular weight excluding hydrogens is 291 g/mol. The Hall–Kier alpha value is 0.0700. The molecule has 128 valence electrons. The van der Waals surface area contributed by atoms with Crippen molar-refractivity contribution < 1.29 is 23.6 Å². The summed E-state index contributed by atoms with van der Waals surface area (Å²) in [5, 5.41) is 8.49. The van der Waals surface area contributed by atoms with Gasteiger partial charge in [-0.3, -0.25) is 9.05 Å². The van der Waals surface area contributed by atoms with Crippen LogP contribution in [0.25, 0.3) is 0 Å². The summed E-state index contributed by atoms with van der Waals surface area (Å²) in [5.74, 6) is 0. The molecule has 0 aliphatic carbocycles. The van der Waals surface area contributed by atoms with Gasteiger partial charge in [-0.25, -0.2) is 4.57 Å². The molecule has 0 aromatic rings. The highest BCUT2D eigenvalue weighted by Gasteiger charge is 2.19. The van der Waals surface area contributed by atoms with Gasteiger partial charge in [0.25, 0.3) is 0 Å². The number of aliphatic hydroxyl groups is 1. The van der Waals surface area contributed by atoms with Crippen molar-refractivity contribution in [2.75, 3.05) is 19.8 Å². The number of hydrogen-bond acceptors (Lipinski definition) is 4. The highest BCUT2D eigenvalue weighted by molar-refractivity contribution is 7.47. The Balaban J connectivity index is 3.20. The lowest BCUT2D eigenvalue weighted by Gasteiger charge is -2.11. The zero-order valence-corrected chi connectivity index (χ0v) is 14.4. The normalized spacial score (nSPS) is 14.2. The van der Waals surface area contributed by atoms with Crippen molar-refractivity contribution in [2.24, 2.45) is 0 Å². The smallest absolute Gasteiger partial charge is 0.394 e. The molecule has 6 heteroatoms. The first-order chi connectivity index (χ1) is 10.1. The molecule has 0 saturated heterocycles. The first-order valence-electron chi connectivity index (χ1n) is 8.35. The fourth-order valence-corrected chi connectivity index (χ4v) is 2.89. The predicted octanol–water partition coefficient (Wildman–Crippen LogP) is 4.42. The van der Waals surface area contributed by atoms with Gasteiger partial charge in [-0.15, -0.1) is 0 Å². The maximum atomic E-state index is 11.3. The molecular formula is C15H33O5P. The van der Waals surface area contributed by atoms with E-state index in [9.17, 15) is 9.46 Å². The van der Waals surface area contributed by atoms with Crippen LogP contribution in [0.4, 0.5) is 0 Å². The topological polar surface area (TPSA) is 76.0 Å². The monoisotopic (exact) mass is 324 g/mol. The Morgan fingerprint density at radius 1 is 0.762 bits per heavy atom. The van der Waals surface area contributed by atoms with Gasteiger partial charge in [-0.05, 0) is 6.42 Å². The molecule has 0 amide bonds. The SMILES string of the molecule is CCCCCCCCCCCCCOP(=O)(O)OCCO. The maximum absolute atomic E-state index is 11.3. The van der Waals surface area contributed by atoms with Crippen LogP contribution in [0.3, 0.4) is 0 Å². The molecule has 0 bridgehead atoms. The predicted molar refractivity (Wildman–Crippen MR) is 85.3 cm³/mol. The van der Waals surface area contributed by atoms with E-state index in [0.717, 1.165) is 19.3 Å². The first-order valence-corrected chi connectivity index (χ1v) is 9.84. The van der Waals surface area contributed by atoms with Crippen LogP contribution >= 0.6 is 7.82 Å². The molecule has 0 spiro atoms. The second-order valence-electron chi connectivity index (χ2n) is 5.39. The molecule has 0 fully saturated rings. The summed E-state index contributed by atoms with van der Waals surface area (Å²) >= 11 is 0. The van der Waals surface area contributed by atoms with Crippen molar-refractivity contribution in [3.8, 4) is 0 Å². The molecule has 0 aromatic heterocycles. The standard InChI is InChI=1S/C15H33O5P/c1-2-3-4-5-6-7-8-9-10-11-12-14-19-21(17,18)20-15-13-16/h16H,2-15H2,1H3,(H,17,18). The van der Waals surface area contributed by atoms with Gasteiger partial charge < -0.3 is 10.00 Å². The Morgan fingerprint density at radius 3 is 1.67 bits per heavy atom. The average molecular weight is 324 g/mol. The summed E-state index contributed by atoms with van der Waals surface area (Å²) in [7, 11) is -3.95. The minimum absolute atomic E-state index is 0.175.